The Morgan fingerprint density at radius 3 is 2.15 bits per heavy atom. The van der Waals surface area contributed by atoms with Crippen LogP contribution in [0.3, 0.4) is 0 Å². The van der Waals surface area contributed by atoms with E-state index < -0.39 is 0 Å². The monoisotopic (exact) mass is 278 g/mol. The van der Waals surface area contributed by atoms with Gasteiger partial charge < -0.3 is 4.74 Å². The Morgan fingerprint density at radius 2 is 1.65 bits per heavy atom. The van der Waals surface area contributed by atoms with Crippen LogP contribution in [0, 0.1) is 5.92 Å². The van der Waals surface area contributed by atoms with Gasteiger partial charge >= 0.3 is 5.97 Å². The van der Waals surface area contributed by atoms with Gasteiger partial charge in [-0.05, 0) is 65.9 Å². The highest BCUT2D eigenvalue weighted by Gasteiger charge is 2.05. The zero-order chi connectivity index (χ0) is 15.7. The first-order chi connectivity index (χ1) is 9.26. The molecule has 114 valence electrons. The zero-order valence-corrected chi connectivity index (χ0v) is 14.2. The van der Waals surface area contributed by atoms with E-state index in [1.54, 1.807) is 6.08 Å². The van der Waals surface area contributed by atoms with Gasteiger partial charge in [-0.1, -0.05) is 29.7 Å². The van der Waals surface area contributed by atoms with E-state index in [0.717, 1.165) is 18.4 Å². The molecule has 0 aromatic heterocycles. The largest absolute Gasteiger partial charge is 0.463 e. The molecule has 0 aliphatic carbocycles. The molecule has 0 radical (unpaired) electrons. The van der Waals surface area contributed by atoms with Gasteiger partial charge in [0.2, 0.25) is 0 Å². The van der Waals surface area contributed by atoms with Gasteiger partial charge in [0.25, 0.3) is 0 Å². The molecule has 0 saturated carbocycles. The van der Waals surface area contributed by atoms with Crippen molar-refractivity contribution in [2.45, 2.75) is 61.3 Å². The number of carbonyl (C=O) groups excluding carboxylic acids is 1. The zero-order valence-electron chi connectivity index (χ0n) is 14.2. The first kappa shape index (κ1) is 18.7. The Bertz CT molecular complexity index is 407. The van der Waals surface area contributed by atoms with E-state index >= 15 is 0 Å². The minimum Gasteiger partial charge on any atom is -0.463 e. The van der Waals surface area contributed by atoms with Crippen LogP contribution in [0.2, 0.25) is 0 Å². The Labute approximate surface area is 124 Å². The number of rotatable bonds is 7. The van der Waals surface area contributed by atoms with E-state index in [4.69, 9.17) is 4.74 Å². The lowest BCUT2D eigenvalue weighted by molar-refractivity contribution is -0.137. The number of hydrogen-bond acceptors (Lipinski definition) is 2. The first-order valence-electron chi connectivity index (χ1n) is 7.41. The lowest BCUT2D eigenvalue weighted by Crippen LogP contribution is -2.00. The summed E-state index contributed by atoms with van der Waals surface area (Å²) in [5, 5.41) is 0. The Balaban J connectivity index is 4.52. The summed E-state index contributed by atoms with van der Waals surface area (Å²) in [5.74, 6) is 0.360. The standard InChI is InChI=1S/C18H30O2/c1-8-20-18(19)12-16(6)10-14(4)9-15(5)11-17(7)13(2)3/h10,12,15H,8-9,11H2,1-7H3. The van der Waals surface area contributed by atoms with Crippen molar-refractivity contribution in [1.29, 1.82) is 0 Å². The summed E-state index contributed by atoms with van der Waals surface area (Å²) in [7, 11) is 0. The molecule has 0 fully saturated rings. The molecule has 1 unspecified atom stereocenters. The quantitative estimate of drug-likeness (QED) is 0.276. The second-order valence-corrected chi connectivity index (χ2v) is 5.92. The molecule has 2 nitrogen and oxygen atoms in total. The molecule has 2 heteroatoms. The third kappa shape index (κ3) is 8.73. The lowest BCUT2D eigenvalue weighted by atomic mass is 9.93. The second-order valence-electron chi connectivity index (χ2n) is 5.92. The van der Waals surface area contributed by atoms with Crippen molar-refractivity contribution in [3.05, 3.63) is 34.4 Å². The fraction of sp³-hybridized carbons (Fsp3) is 0.611. The highest BCUT2D eigenvalue weighted by atomic mass is 16.5. The second kappa shape index (κ2) is 9.57. The molecular formula is C18H30O2. The molecule has 0 aliphatic rings. The summed E-state index contributed by atoms with van der Waals surface area (Å²) >= 11 is 0. The van der Waals surface area contributed by atoms with E-state index in [0.29, 0.717) is 12.5 Å². The summed E-state index contributed by atoms with van der Waals surface area (Å²) in [6.45, 7) is 15.1. The van der Waals surface area contributed by atoms with Crippen molar-refractivity contribution in [3.8, 4) is 0 Å². The van der Waals surface area contributed by atoms with Crippen LogP contribution >= 0.6 is 0 Å². The average molecular weight is 278 g/mol. The Hall–Kier alpha value is -1.31. The van der Waals surface area contributed by atoms with Crippen LogP contribution < -0.4 is 0 Å². The molecule has 0 N–H and O–H groups in total. The minimum absolute atomic E-state index is 0.262. The van der Waals surface area contributed by atoms with E-state index in [1.165, 1.54) is 16.7 Å². The number of carbonyl (C=O) groups is 1. The Morgan fingerprint density at radius 1 is 1.05 bits per heavy atom. The molecule has 0 aliphatic heterocycles. The summed E-state index contributed by atoms with van der Waals surface area (Å²) < 4.78 is 4.90. The fourth-order valence-corrected chi connectivity index (χ4v) is 2.21. The van der Waals surface area contributed by atoms with Crippen molar-refractivity contribution < 1.29 is 9.53 Å². The predicted molar refractivity (Wildman–Crippen MR) is 86.6 cm³/mol. The topological polar surface area (TPSA) is 26.3 Å². The van der Waals surface area contributed by atoms with Crippen LogP contribution in [0.1, 0.15) is 61.3 Å². The normalized spacial score (nSPS) is 13.9. The summed E-state index contributed by atoms with van der Waals surface area (Å²) in [4.78, 5) is 11.3. The van der Waals surface area contributed by atoms with Crippen molar-refractivity contribution in [2.24, 2.45) is 5.92 Å². The van der Waals surface area contributed by atoms with Crippen LogP contribution in [-0.2, 0) is 9.53 Å². The average Bonchev–Trinajstić information content (AvgIpc) is 2.27. The molecule has 0 aromatic rings. The van der Waals surface area contributed by atoms with E-state index in [2.05, 4.69) is 40.7 Å². The lowest BCUT2D eigenvalue weighted by Gasteiger charge is -2.13. The molecule has 20 heavy (non-hydrogen) atoms. The third-order valence-corrected chi connectivity index (χ3v) is 3.28. The van der Waals surface area contributed by atoms with Crippen molar-refractivity contribution in [3.63, 3.8) is 0 Å². The molecule has 0 rings (SSSR count). The van der Waals surface area contributed by atoms with Crippen LogP contribution in [0.4, 0.5) is 0 Å². The summed E-state index contributed by atoms with van der Waals surface area (Å²) in [6.07, 6.45) is 5.82. The third-order valence-electron chi connectivity index (χ3n) is 3.28. The van der Waals surface area contributed by atoms with Crippen LogP contribution in [-0.4, -0.2) is 12.6 Å². The van der Waals surface area contributed by atoms with Gasteiger partial charge in [0.1, 0.15) is 0 Å². The molecule has 0 saturated heterocycles. The maximum absolute atomic E-state index is 11.3. The van der Waals surface area contributed by atoms with Crippen molar-refractivity contribution >= 4 is 5.97 Å². The van der Waals surface area contributed by atoms with Gasteiger partial charge in [0.15, 0.2) is 0 Å². The summed E-state index contributed by atoms with van der Waals surface area (Å²) in [5.41, 5.74) is 5.14. The molecule has 0 spiro atoms. The molecule has 0 bridgehead atoms. The summed E-state index contributed by atoms with van der Waals surface area (Å²) in [6, 6.07) is 0. The van der Waals surface area contributed by atoms with Gasteiger partial charge in [-0.15, -0.1) is 0 Å². The van der Waals surface area contributed by atoms with Gasteiger partial charge in [0.05, 0.1) is 6.61 Å². The highest BCUT2D eigenvalue weighted by molar-refractivity contribution is 5.83. The maximum Gasteiger partial charge on any atom is 0.330 e. The van der Waals surface area contributed by atoms with Crippen LogP contribution in [0.5, 0.6) is 0 Å². The minimum atomic E-state index is -0.262. The van der Waals surface area contributed by atoms with Gasteiger partial charge in [-0.2, -0.15) is 0 Å². The van der Waals surface area contributed by atoms with Crippen LogP contribution in [0.15, 0.2) is 34.4 Å². The number of esters is 1. The molecular weight excluding hydrogens is 248 g/mol. The van der Waals surface area contributed by atoms with Gasteiger partial charge in [-0.25, -0.2) is 4.79 Å². The number of allylic oxidation sites excluding steroid dienone is 5. The van der Waals surface area contributed by atoms with E-state index in [-0.39, 0.29) is 5.97 Å². The smallest absolute Gasteiger partial charge is 0.330 e. The SMILES string of the molecule is CCOC(=O)C=C(C)C=C(C)CC(C)CC(C)=C(C)C. The first-order valence-corrected chi connectivity index (χ1v) is 7.41. The van der Waals surface area contributed by atoms with Crippen molar-refractivity contribution in [2.75, 3.05) is 6.61 Å². The molecule has 0 aromatic carbocycles. The van der Waals surface area contributed by atoms with Gasteiger partial charge in [-0.3, -0.25) is 0 Å². The highest BCUT2D eigenvalue weighted by Crippen LogP contribution is 2.21. The van der Waals surface area contributed by atoms with Crippen molar-refractivity contribution in [1.82, 2.24) is 0 Å². The molecule has 0 amide bonds. The fourth-order valence-electron chi connectivity index (χ4n) is 2.21. The van der Waals surface area contributed by atoms with E-state index in [9.17, 15) is 4.79 Å². The van der Waals surface area contributed by atoms with Crippen LogP contribution in [0.25, 0.3) is 0 Å². The number of ether oxygens (including phenoxy) is 1. The Kier molecular flexibility index (Phi) is 8.94. The van der Waals surface area contributed by atoms with E-state index in [1.807, 2.05) is 13.8 Å². The number of hydrogen-bond donors (Lipinski definition) is 0. The molecule has 0 heterocycles. The maximum atomic E-state index is 11.3. The predicted octanol–water partition coefficient (Wildman–Crippen LogP) is 5.21. The molecule has 1 atom stereocenters. The van der Waals surface area contributed by atoms with Gasteiger partial charge in [0, 0.05) is 6.08 Å².